The minimum absolute atomic E-state index is 0.115. The third kappa shape index (κ3) is 4.74. The van der Waals surface area contributed by atoms with Crippen molar-refractivity contribution in [3.8, 4) is 5.75 Å². The van der Waals surface area contributed by atoms with Crippen LogP contribution in [-0.4, -0.2) is 7.11 Å². The van der Waals surface area contributed by atoms with Crippen LogP contribution in [0.25, 0.3) is 0 Å². The van der Waals surface area contributed by atoms with Crippen LogP contribution in [0.4, 0.5) is 0 Å². The SMILES string of the molecule is CC/C=C\C(C)Cc1ccc(OC)c(C(C)(C)C)c1. The maximum Gasteiger partial charge on any atom is 0.122 e. The summed E-state index contributed by atoms with van der Waals surface area (Å²) in [6.45, 7) is 11.1. The number of ether oxygens (including phenoxy) is 1. The molecule has 1 rings (SSSR count). The molecular formula is C18H28O. The summed E-state index contributed by atoms with van der Waals surface area (Å²) in [6, 6.07) is 6.59. The summed E-state index contributed by atoms with van der Waals surface area (Å²) >= 11 is 0. The monoisotopic (exact) mass is 260 g/mol. The minimum Gasteiger partial charge on any atom is -0.496 e. The van der Waals surface area contributed by atoms with Crippen molar-refractivity contribution in [2.75, 3.05) is 7.11 Å². The molecule has 0 aliphatic heterocycles. The highest BCUT2D eigenvalue weighted by Gasteiger charge is 2.19. The van der Waals surface area contributed by atoms with Crippen LogP contribution in [0, 0.1) is 5.92 Å². The van der Waals surface area contributed by atoms with E-state index in [9.17, 15) is 0 Å². The predicted molar refractivity (Wildman–Crippen MR) is 84.0 cm³/mol. The highest BCUT2D eigenvalue weighted by atomic mass is 16.5. The molecule has 0 N–H and O–H groups in total. The summed E-state index contributed by atoms with van der Waals surface area (Å²) in [5, 5.41) is 0. The van der Waals surface area contributed by atoms with E-state index in [1.54, 1.807) is 7.11 Å². The lowest BCUT2D eigenvalue weighted by atomic mass is 9.84. The van der Waals surface area contributed by atoms with E-state index in [4.69, 9.17) is 4.74 Å². The molecular weight excluding hydrogens is 232 g/mol. The van der Waals surface area contributed by atoms with Crippen molar-refractivity contribution in [3.63, 3.8) is 0 Å². The van der Waals surface area contributed by atoms with Crippen molar-refractivity contribution in [3.05, 3.63) is 41.5 Å². The number of benzene rings is 1. The molecule has 106 valence electrons. The quantitative estimate of drug-likeness (QED) is 0.666. The average molecular weight is 260 g/mol. The second-order valence-electron chi connectivity index (χ2n) is 6.30. The topological polar surface area (TPSA) is 9.23 Å². The molecule has 0 aliphatic rings. The summed E-state index contributed by atoms with van der Waals surface area (Å²) in [7, 11) is 1.75. The molecule has 0 aliphatic carbocycles. The van der Waals surface area contributed by atoms with Crippen LogP contribution >= 0.6 is 0 Å². The van der Waals surface area contributed by atoms with Crippen molar-refractivity contribution >= 4 is 0 Å². The Morgan fingerprint density at radius 1 is 1.26 bits per heavy atom. The lowest BCUT2D eigenvalue weighted by Crippen LogP contribution is -2.13. The van der Waals surface area contributed by atoms with Crippen LogP contribution in [0.1, 0.15) is 52.2 Å². The standard InChI is InChI=1S/C18H28O/c1-7-8-9-14(2)12-15-10-11-17(19-6)16(13-15)18(3,4)5/h8-11,13-14H,7,12H2,1-6H3/b9-8-. The molecule has 0 spiro atoms. The zero-order valence-corrected chi connectivity index (χ0v) is 13.3. The Labute approximate surface area is 118 Å². The summed E-state index contributed by atoms with van der Waals surface area (Å²) < 4.78 is 5.48. The van der Waals surface area contributed by atoms with E-state index in [0.717, 1.165) is 18.6 Å². The van der Waals surface area contributed by atoms with Crippen molar-refractivity contribution in [1.29, 1.82) is 0 Å². The van der Waals surface area contributed by atoms with Gasteiger partial charge in [-0.25, -0.2) is 0 Å². The van der Waals surface area contributed by atoms with Gasteiger partial charge in [-0.3, -0.25) is 0 Å². The molecule has 1 heteroatoms. The van der Waals surface area contributed by atoms with Gasteiger partial charge in [-0.15, -0.1) is 0 Å². The third-order valence-electron chi connectivity index (χ3n) is 3.33. The van der Waals surface area contributed by atoms with Gasteiger partial charge in [0.1, 0.15) is 5.75 Å². The van der Waals surface area contributed by atoms with E-state index in [1.807, 2.05) is 0 Å². The lowest BCUT2D eigenvalue weighted by molar-refractivity contribution is 0.397. The maximum atomic E-state index is 5.48. The smallest absolute Gasteiger partial charge is 0.122 e. The Balaban J connectivity index is 2.96. The molecule has 0 saturated heterocycles. The number of allylic oxidation sites excluding steroid dienone is 2. The molecule has 1 atom stereocenters. The minimum atomic E-state index is 0.115. The first kappa shape index (κ1) is 15.8. The van der Waals surface area contributed by atoms with Gasteiger partial charge in [0.05, 0.1) is 7.11 Å². The van der Waals surface area contributed by atoms with Crippen LogP contribution < -0.4 is 4.74 Å². The summed E-state index contributed by atoms with van der Waals surface area (Å²) in [5.74, 6) is 1.58. The van der Waals surface area contributed by atoms with E-state index in [2.05, 4.69) is 65.0 Å². The number of hydrogen-bond donors (Lipinski definition) is 0. The lowest BCUT2D eigenvalue weighted by Gasteiger charge is -2.23. The van der Waals surface area contributed by atoms with E-state index in [1.165, 1.54) is 11.1 Å². The first-order valence-electron chi connectivity index (χ1n) is 7.22. The highest BCUT2D eigenvalue weighted by Crippen LogP contribution is 2.32. The zero-order chi connectivity index (χ0) is 14.5. The molecule has 0 saturated carbocycles. The maximum absolute atomic E-state index is 5.48. The Morgan fingerprint density at radius 3 is 2.47 bits per heavy atom. The normalized spacial score (nSPS) is 13.8. The number of methoxy groups -OCH3 is 1. The van der Waals surface area contributed by atoms with Gasteiger partial charge in [-0.1, -0.05) is 58.9 Å². The first-order chi connectivity index (χ1) is 8.88. The van der Waals surface area contributed by atoms with E-state index >= 15 is 0 Å². The average Bonchev–Trinajstić information content (AvgIpc) is 2.35. The second kappa shape index (κ2) is 6.79. The van der Waals surface area contributed by atoms with Crippen LogP contribution in [-0.2, 0) is 11.8 Å². The Hall–Kier alpha value is -1.24. The molecule has 1 unspecified atom stereocenters. The largest absolute Gasteiger partial charge is 0.496 e. The molecule has 0 fully saturated rings. The fourth-order valence-corrected chi connectivity index (χ4v) is 2.28. The Morgan fingerprint density at radius 2 is 1.95 bits per heavy atom. The summed E-state index contributed by atoms with van der Waals surface area (Å²) in [6.07, 6.45) is 6.75. The molecule has 0 aromatic heterocycles. The van der Waals surface area contributed by atoms with E-state index in [0.29, 0.717) is 5.92 Å². The van der Waals surface area contributed by atoms with Gasteiger partial charge in [0, 0.05) is 0 Å². The van der Waals surface area contributed by atoms with Crippen LogP contribution in [0.5, 0.6) is 5.75 Å². The van der Waals surface area contributed by atoms with Crippen LogP contribution in [0.2, 0.25) is 0 Å². The van der Waals surface area contributed by atoms with Gasteiger partial charge in [0.2, 0.25) is 0 Å². The molecule has 19 heavy (non-hydrogen) atoms. The fraction of sp³-hybridized carbons (Fsp3) is 0.556. The van der Waals surface area contributed by atoms with E-state index < -0.39 is 0 Å². The van der Waals surface area contributed by atoms with Crippen LogP contribution in [0.15, 0.2) is 30.4 Å². The Kier molecular flexibility index (Phi) is 5.65. The number of hydrogen-bond acceptors (Lipinski definition) is 1. The molecule has 0 heterocycles. The molecule has 0 radical (unpaired) electrons. The van der Waals surface area contributed by atoms with Crippen molar-refractivity contribution in [2.24, 2.45) is 5.92 Å². The van der Waals surface area contributed by atoms with Gasteiger partial charge >= 0.3 is 0 Å². The highest BCUT2D eigenvalue weighted by molar-refractivity contribution is 5.41. The van der Waals surface area contributed by atoms with Gasteiger partial charge in [0.25, 0.3) is 0 Å². The van der Waals surface area contributed by atoms with E-state index in [-0.39, 0.29) is 5.41 Å². The first-order valence-corrected chi connectivity index (χ1v) is 7.22. The molecule has 1 aromatic rings. The molecule has 0 bridgehead atoms. The predicted octanol–water partition coefficient (Wildman–Crippen LogP) is 5.14. The van der Waals surface area contributed by atoms with Gasteiger partial charge < -0.3 is 4.74 Å². The summed E-state index contributed by atoms with van der Waals surface area (Å²) in [4.78, 5) is 0. The summed E-state index contributed by atoms with van der Waals surface area (Å²) in [5.41, 5.74) is 2.79. The van der Waals surface area contributed by atoms with Crippen molar-refractivity contribution < 1.29 is 4.74 Å². The molecule has 1 nitrogen and oxygen atoms in total. The second-order valence-corrected chi connectivity index (χ2v) is 6.30. The van der Waals surface area contributed by atoms with Crippen molar-refractivity contribution in [2.45, 2.75) is 52.9 Å². The molecule has 1 aromatic carbocycles. The zero-order valence-electron chi connectivity index (χ0n) is 13.3. The number of rotatable bonds is 5. The molecule has 0 amide bonds. The van der Waals surface area contributed by atoms with Crippen LogP contribution in [0.3, 0.4) is 0 Å². The fourth-order valence-electron chi connectivity index (χ4n) is 2.28. The van der Waals surface area contributed by atoms with Gasteiger partial charge in [0.15, 0.2) is 0 Å². The third-order valence-corrected chi connectivity index (χ3v) is 3.33. The van der Waals surface area contributed by atoms with Gasteiger partial charge in [-0.2, -0.15) is 0 Å². The Bertz CT molecular complexity index is 424. The van der Waals surface area contributed by atoms with Crippen molar-refractivity contribution in [1.82, 2.24) is 0 Å². The van der Waals surface area contributed by atoms with Gasteiger partial charge in [-0.05, 0) is 41.4 Å².